The zero-order valence-electron chi connectivity index (χ0n) is 41.7. The molecule has 0 atom stereocenters. The van der Waals surface area contributed by atoms with Crippen LogP contribution in [0.15, 0.2) is 106 Å². The molecule has 10 nitrogen and oxygen atoms in total. The number of carbonyl (C=O) groups excluding carboxylic acids is 1. The number of hydrogen-bond donors (Lipinski definition) is 0. The van der Waals surface area contributed by atoms with Gasteiger partial charge in [-0.2, -0.15) is 4.89 Å². The molecule has 2 aromatic heterocycles. The summed E-state index contributed by atoms with van der Waals surface area (Å²) in [4.78, 5) is 31.7. The predicted octanol–water partition coefficient (Wildman–Crippen LogP) is 15.4. The lowest BCUT2D eigenvalue weighted by Crippen LogP contribution is -2.14. The third-order valence-electron chi connectivity index (χ3n) is 12.0. The zero-order chi connectivity index (χ0) is 48.6. The summed E-state index contributed by atoms with van der Waals surface area (Å²) in [7, 11) is 0. The molecule has 358 valence electrons. The van der Waals surface area contributed by atoms with E-state index in [2.05, 4.69) is 135 Å². The van der Waals surface area contributed by atoms with E-state index in [9.17, 15) is 4.79 Å². The molecule has 0 N–H and O–H groups in total. The highest BCUT2D eigenvalue weighted by Gasteiger charge is 2.24. The number of fused-ring (bicyclic) bond motifs is 2. The first-order valence-corrected chi connectivity index (χ1v) is 24.1. The van der Waals surface area contributed by atoms with Crippen molar-refractivity contribution in [3.63, 3.8) is 0 Å². The summed E-state index contributed by atoms with van der Waals surface area (Å²) < 4.78 is 30.4. The molecule has 7 rings (SSSR count). The highest BCUT2D eigenvalue weighted by Crippen LogP contribution is 2.40. The highest BCUT2D eigenvalue weighted by molar-refractivity contribution is 5.83. The Labute approximate surface area is 402 Å². The number of allylic oxidation sites excluding steroid dienone is 1. The van der Waals surface area contributed by atoms with Gasteiger partial charge in [0.1, 0.15) is 28.3 Å². The van der Waals surface area contributed by atoms with Crippen molar-refractivity contribution in [1.82, 2.24) is 9.97 Å². The monoisotopic (exact) mass is 920 g/mol. The van der Waals surface area contributed by atoms with E-state index in [4.69, 9.17) is 42.8 Å². The Balaban J connectivity index is 1.02. The molecule has 7 aromatic rings. The summed E-state index contributed by atoms with van der Waals surface area (Å²) in [5.41, 5.74) is 13.6. The number of rotatable bonds is 21. The van der Waals surface area contributed by atoms with Gasteiger partial charge in [0.05, 0.1) is 26.4 Å². The maximum absolute atomic E-state index is 11.7. The van der Waals surface area contributed by atoms with Crippen molar-refractivity contribution in [1.29, 1.82) is 0 Å². The van der Waals surface area contributed by atoms with Gasteiger partial charge >= 0.3 is 5.97 Å². The summed E-state index contributed by atoms with van der Waals surface area (Å²) in [5, 5.41) is 0. The molecule has 0 radical (unpaired) electrons. The van der Waals surface area contributed by atoms with Gasteiger partial charge in [0, 0.05) is 47.2 Å². The van der Waals surface area contributed by atoms with Crippen LogP contribution in [-0.2, 0) is 30.1 Å². The number of aryl methyl sites for hydroxylation is 2. The minimum absolute atomic E-state index is 0.143. The third kappa shape index (κ3) is 12.2. The van der Waals surface area contributed by atoms with E-state index in [1.807, 2.05) is 26.0 Å². The van der Waals surface area contributed by atoms with Crippen LogP contribution in [0.5, 0.6) is 11.5 Å². The van der Waals surface area contributed by atoms with Crippen molar-refractivity contribution in [3.05, 3.63) is 120 Å². The van der Waals surface area contributed by atoms with Crippen molar-refractivity contribution in [2.24, 2.45) is 0 Å². The minimum Gasteiger partial charge on any atom is -0.493 e. The van der Waals surface area contributed by atoms with E-state index < -0.39 is 0 Å². The van der Waals surface area contributed by atoms with Gasteiger partial charge < -0.3 is 27.9 Å². The van der Waals surface area contributed by atoms with Gasteiger partial charge in [-0.25, -0.2) is 9.97 Å². The number of esters is 1. The molecular formula is C58H68N2O8. The second kappa shape index (κ2) is 21.7. The Hall–Kier alpha value is -6.39. The van der Waals surface area contributed by atoms with E-state index in [1.54, 1.807) is 0 Å². The van der Waals surface area contributed by atoms with Gasteiger partial charge in [-0.15, -0.1) is 0 Å². The fraction of sp³-hybridized carbons (Fsp3) is 0.397. The average molecular weight is 921 g/mol. The van der Waals surface area contributed by atoms with Crippen LogP contribution in [0, 0.1) is 13.8 Å². The van der Waals surface area contributed by atoms with Crippen LogP contribution in [0.1, 0.15) is 123 Å². The lowest BCUT2D eigenvalue weighted by Gasteiger charge is -2.22. The lowest BCUT2D eigenvalue weighted by molar-refractivity contribution is -0.259. The molecule has 0 spiro atoms. The van der Waals surface area contributed by atoms with Crippen molar-refractivity contribution < 1.29 is 37.6 Å². The number of hydrogen-bond acceptors (Lipinski definition) is 10. The molecule has 2 heterocycles. The second-order valence-corrected chi connectivity index (χ2v) is 19.6. The van der Waals surface area contributed by atoms with E-state index in [1.165, 1.54) is 22.3 Å². The van der Waals surface area contributed by atoms with E-state index in [0.717, 1.165) is 88.0 Å². The smallest absolute Gasteiger partial charge is 0.305 e. The molecule has 5 aromatic carbocycles. The maximum atomic E-state index is 11.7. The van der Waals surface area contributed by atoms with Crippen LogP contribution < -0.4 is 9.47 Å². The Morgan fingerprint density at radius 2 is 1.01 bits per heavy atom. The van der Waals surface area contributed by atoms with Crippen LogP contribution in [0.4, 0.5) is 0 Å². The third-order valence-corrected chi connectivity index (χ3v) is 12.0. The second-order valence-electron chi connectivity index (χ2n) is 19.6. The van der Waals surface area contributed by atoms with Crippen molar-refractivity contribution in [3.8, 4) is 56.7 Å². The largest absolute Gasteiger partial charge is 0.493 e. The molecule has 10 heteroatoms. The number of unbranched alkanes of at least 4 members (excludes halogenated alkanes) is 3. The summed E-state index contributed by atoms with van der Waals surface area (Å²) in [6, 6.07) is 29.5. The van der Waals surface area contributed by atoms with E-state index in [0.29, 0.717) is 68.0 Å². The van der Waals surface area contributed by atoms with Gasteiger partial charge in [0.15, 0.2) is 11.2 Å². The predicted molar refractivity (Wildman–Crippen MR) is 272 cm³/mol. The highest BCUT2D eigenvalue weighted by atomic mass is 17.2. The molecule has 0 aliphatic rings. The van der Waals surface area contributed by atoms with Crippen LogP contribution in [0.2, 0.25) is 0 Å². The number of benzene rings is 5. The molecular weight excluding hydrogens is 853 g/mol. The first-order valence-electron chi connectivity index (χ1n) is 24.1. The Kier molecular flexibility index (Phi) is 15.8. The standard InChI is InChI=1S/C58H68N2O8/c1-12-62-54(61)20-15-14-17-29-63-50-35-52-48(33-46(50)57(6,7)8)59-55(66-52)42-25-21-40(22-26-42)44-31-38(4)45(32-37(44)3)41-23-27-43(28-24-41)56-60-49-34-47(58(9,10)11)51(36-53(49)67-56)64-30-18-16-19-39(5)68-65-13-2/h21-28,31-36H,5,12-20,29-30H2,1-4,6-11H3. The molecule has 68 heavy (non-hydrogen) atoms. The van der Waals surface area contributed by atoms with Gasteiger partial charge in [-0.05, 0) is 140 Å². The maximum Gasteiger partial charge on any atom is 0.305 e. The number of carbonyl (C=O) groups is 1. The lowest BCUT2D eigenvalue weighted by atomic mass is 9.86. The van der Waals surface area contributed by atoms with Crippen LogP contribution in [0.25, 0.3) is 67.4 Å². The molecule has 0 amide bonds. The average Bonchev–Trinajstić information content (AvgIpc) is 3.93. The van der Waals surface area contributed by atoms with Crippen molar-refractivity contribution >= 4 is 28.2 Å². The summed E-state index contributed by atoms with van der Waals surface area (Å²) in [6.45, 7) is 27.0. The van der Waals surface area contributed by atoms with Crippen molar-refractivity contribution in [2.75, 3.05) is 26.4 Å². The Bertz CT molecular complexity index is 2840. The fourth-order valence-corrected chi connectivity index (χ4v) is 8.35. The quantitative estimate of drug-likeness (QED) is 0.0227. The molecule has 0 aliphatic heterocycles. The van der Waals surface area contributed by atoms with Gasteiger partial charge in [0.25, 0.3) is 0 Å². The van der Waals surface area contributed by atoms with Gasteiger partial charge in [-0.1, -0.05) is 84.5 Å². The molecule has 0 saturated heterocycles. The summed E-state index contributed by atoms with van der Waals surface area (Å²) >= 11 is 0. The number of nitrogens with zero attached hydrogens (tertiary/aromatic N) is 2. The van der Waals surface area contributed by atoms with Gasteiger partial charge in [-0.3, -0.25) is 4.79 Å². The summed E-state index contributed by atoms with van der Waals surface area (Å²) in [6.07, 6.45) is 5.40. The Morgan fingerprint density at radius 3 is 1.46 bits per heavy atom. The normalized spacial score (nSPS) is 11.9. The fourth-order valence-electron chi connectivity index (χ4n) is 8.35. The summed E-state index contributed by atoms with van der Waals surface area (Å²) in [5.74, 6) is 3.23. The van der Waals surface area contributed by atoms with Crippen LogP contribution >= 0.6 is 0 Å². The number of oxazole rings is 2. The minimum atomic E-state index is -0.159. The molecule has 0 bridgehead atoms. The number of ether oxygens (including phenoxy) is 3. The molecule has 0 fully saturated rings. The topological polar surface area (TPSA) is 115 Å². The zero-order valence-corrected chi connectivity index (χ0v) is 41.7. The first kappa shape index (κ1) is 49.5. The van der Waals surface area contributed by atoms with Crippen molar-refractivity contribution in [2.45, 2.75) is 125 Å². The SMILES string of the molecule is C=C(CCCCOc1cc2oc(-c3ccc(-c4cc(C)c(-c5ccc(-c6nc7cc(C(C)(C)C)c(OCCCCCC(=O)OCC)cc7o6)cc5)cc4C)cc3)nc2cc1C(C)(C)C)OOCC. The van der Waals surface area contributed by atoms with E-state index >= 15 is 0 Å². The van der Waals surface area contributed by atoms with Crippen LogP contribution in [-0.4, -0.2) is 42.4 Å². The first-order chi connectivity index (χ1) is 32.5. The molecule has 0 unspecified atom stereocenters. The van der Waals surface area contributed by atoms with Crippen LogP contribution in [0.3, 0.4) is 0 Å². The Morgan fingerprint density at radius 1 is 0.574 bits per heavy atom. The number of aromatic nitrogens is 2. The molecule has 0 saturated carbocycles. The molecule has 0 aliphatic carbocycles. The van der Waals surface area contributed by atoms with Gasteiger partial charge in [0.2, 0.25) is 11.8 Å². The van der Waals surface area contributed by atoms with E-state index in [-0.39, 0.29) is 16.8 Å².